The van der Waals surface area contributed by atoms with Crippen LogP contribution in [-0.2, 0) is 0 Å². The van der Waals surface area contributed by atoms with Crippen molar-refractivity contribution in [2.45, 2.75) is 13.8 Å². The fourth-order valence-electron chi connectivity index (χ4n) is 2.51. The molecule has 2 rings (SSSR count). The smallest absolute Gasteiger partial charge is 0.200 e. The lowest BCUT2D eigenvalue weighted by Gasteiger charge is -2.11. The van der Waals surface area contributed by atoms with Crippen LogP contribution in [0.5, 0.6) is 28.7 Å². The van der Waals surface area contributed by atoms with Crippen molar-refractivity contribution in [2.24, 2.45) is 0 Å². The van der Waals surface area contributed by atoms with Crippen LogP contribution in [0.2, 0.25) is 0 Å². The third-order valence-electron chi connectivity index (χ3n) is 3.76. The van der Waals surface area contributed by atoms with E-state index in [0.29, 0.717) is 35.8 Å². The number of phenolic OH excluding ortho intramolecular Hbond substituents is 1. The summed E-state index contributed by atoms with van der Waals surface area (Å²) in [4.78, 5) is 12.7. The Balaban J connectivity index is 2.34. The van der Waals surface area contributed by atoms with E-state index in [1.54, 1.807) is 36.4 Å². The summed E-state index contributed by atoms with van der Waals surface area (Å²) in [5.41, 5.74) is 1.06. The molecule has 0 amide bonds. The maximum Gasteiger partial charge on any atom is 0.200 e. The predicted molar refractivity (Wildman–Crippen MR) is 103 cm³/mol. The fraction of sp³-hybridized carbons (Fsp3) is 0.286. The summed E-state index contributed by atoms with van der Waals surface area (Å²) in [5.74, 6) is 1.30. The topological polar surface area (TPSA) is 74.2 Å². The monoisotopic (exact) mass is 372 g/mol. The van der Waals surface area contributed by atoms with Crippen molar-refractivity contribution in [3.05, 3.63) is 47.5 Å². The summed E-state index contributed by atoms with van der Waals surface area (Å²) in [6, 6.07) is 8.38. The highest BCUT2D eigenvalue weighted by Crippen LogP contribution is 2.37. The largest absolute Gasteiger partial charge is 0.502 e. The molecule has 0 spiro atoms. The van der Waals surface area contributed by atoms with E-state index in [1.807, 2.05) is 13.8 Å². The van der Waals surface area contributed by atoms with E-state index in [0.717, 1.165) is 0 Å². The van der Waals surface area contributed by atoms with Gasteiger partial charge in [-0.15, -0.1) is 0 Å². The number of hydrogen-bond donors (Lipinski definition) is 1. The number of carbonyl (C=O) groups excluding carboxylic acids is 1. The van der Waals surface area contributed by atoms with Gasteiger partial charge >= 0.3 is 0 Å². The highest BCUT2D eigenvalue weighted by atomic mass is 16.5. The zero-order valence-corrected chi connectivity index (χ0v) is 15.9. The molecule has 0 aliphatic rings. The molecular weight excluding hydrogens is 348 g/mol. The Hall–Kier alpha value is -3.15. The summed E-state index contributed by atoms with van der Waals surface area (Å²) >= 11 is 0. The van der Waals surface area contributed by atoms with E-state index in [-0.39, 0.29) is 23.0 Å². The minimum Gasteiger partial charge on any atom is -0.502 e. The zero-order valence-electron chi connectivity index (χ0n) is 15.9. The van der Waals surface area contributed by atoms with Crippen LogP contribution in [0, 0.1) is 0 Å². The molecule has 0 saturated heterocycles. The molecule has 2 aromatic carbocycles. The van der Waals surface area contributed by atoms with Gasteiger partial charge in [0.15, 0.2) is 17.3 Å². The van der Waals surface area contributed by atoms with Crippen molar-refractivity contribution < 1.29 is 28.8 Å². The van der Waals surface area contributed by atoms with Gasteiger partial charge in [0.2, 0.25) is 5.75 Å². The Kier molecular flexibility index (Phi) is 7.11. The molecule has 0 unspecified atom stereocenters. The van der Waals surface area contributed by atoms with Gasteiger partial charge in [-0.05, 0) is 55.8 Å². The van der Waals surface area contributed by atoms with Crippen LogP contribution < -0.4 is 18.9 Å². The number of methoxy groups -OCH3 is 2. The van der Waals surface area contributed by atoms with E-state index in [4.69, 9.17) is 18.9 Å². The van der Waals surface area contributed by atoms with Crippen LogP contribution in [0.1, 0.15) is 29.8 Å². The van der Waals surface area contributed by atoms with Crippen molar-refractivity contribution in [1.82, 2.24) is 0 Å². The molecule has 6 nitrogen and oxygen atoms in total. The van der Waals surface area contributed by atoms with Gasteiger partial charge in [0.05, 0.1) is 33.0 Å². The van der Waals surface area contributed by atoms with Crippen molar-refractivity contribution in [3.8, 4) is 28.7 Å². The molecule has 0 aromatic heterocycles. The third kappa shape index (κ3) is 4.94. The molecule has 27 heavy (non-hydrogen) atoms. The summed E-state index contributed by atoms with van der Waals surface area (Å²) in [5, 5.41) is 9.97. The normalized spacial score (nSPS) is 10.7. The van der Waals surface area contributed by atoms with E-state index in [1.165, 1.54) is 20.3 Å². The molecule has 0 bridgehead atoms. The van der Waals surface area contributed by atoms with Crippen LogP contribution >= 0.6 is 0 Å². The molecule has 0 aliphatic carbocycles. The van der Waals surface area contributed by atoms with Crippen LogP contribution in [0.15, 0.2) is 36.4 Å². The first-order chi connectivity index (χ1) is 13.0. The number of benzene rings is 2. The van der Waals surface area contributed by atoms with E-state index in [9.17, 15) is 9.90 Å². The summed E-state index contributed by atoms with van der Waals surface area (Å²) in [7, 11) is 2.89. The van der Waals surface area contributed by atoms with Crippen molar-refractivity contribution in [3.63, 3.8) is 0 Å². The van der Waals surface area contributed by atoms with Crippen molar-refractivity contribution in [2.75, 3.05) is 27.4 Å². The van der Waals surface area contributed by atoms with E-state index < -0.39 is 0 Å². The SMILES string of the molecule is CCOc1ccc(OCC)c(C(=O)/C=C/c2cc(OC)c(O)c(OC)c2)c1. The van der Waals surface area contributed by atoms with Gasteiger partial charge in [-0.1, -0.05) is 6.08 Å². The highest BCUT2D eigenvalue weighted by molar-refractivity contribution is 6.09. The molecule has 0 fully saturated rings. The Morgan fingerprint density at radius 1 is 0.963 bits per heavy atom. The second kappa shape index (κ2) is 9.52. The van der Waals surface area contributed by atoms with Crippen LogP contribution in [0.4, 0.5) is 0 Å². The second-order valence-electron chi connectivity index (χ2n) is 5.50. The number of aromatic hydroxyl groups is 1. The quantitative estimate of drug-likeness (QED) is 0.528. The number of rotatable bonds is 9. The average Bonchev–Trinajstić information content (AvgIpc) is 2.68. The molecule has 6 heteroatoms. The van der Waals surface area contributed by atoms with Crippen molar-refractivity contribution >= 4 is 11.9 Å². The first-order valence-electron chi connectivity index (χ1n) is 8.61. The number of ketones is 1. The number of allylic oxidation sites excluding steroid dienone is 1. The van der Waals surface area contributed by atoms with Crippen molar-refractivity contribution in [1.29, 1.82) is 0 Å². The number of phenols is 1. The number of ether oxygens (including phenoxy) is 4. The Bertz CT molecular complexity index is 800. The molecule has 0 heterocycles. The number of carbonyl (C=O) groups is 1. The lowest BCUT2D eigenvalue weighted by atomic mass is 10.1. The molecule has 0 radical (unpaired) electrons. The first kappa shape index (κ1) is 20.2. The molecule has 2 aromatic rings. The molecule has 1 N–H and O–H groups in total. The van der Waals surface area contributed by atoms with Crippen LogP contribution in [-0.4, -0.2) is 38.3 Å². The van der Waals surface area contributed by atoms with Gasteiger partial charge in [-0.3, -0.25) is 4.79 Å². The van der Waals surface area contributed by atoms with E-state index >= 15 is 0 Å². The number of hydrogen-bond acceptors (Lipinski definition) is 6. The summed E-state index contributed by atoms with van der Waals surface area (Å²) < 4.78 is 21.3. The molecule has 0 saturated carbocycles. The fourth-order valence-corrected chi connectivity index (χ4v) is 2.51. The predicted octanol–water partition coefficient (Wildman–Crippen LogP) is 4.10. The van der Waals surface area contributed by atoms with Crippen LogP contribution in [0.3, 0.4) is 0 Å². The Morgan fingerprint density at radius 2 is 1.59 bits per heavy atom. The molecule has 0 atom stereocenters. The maximum atomic E-state index is 12.7. The minimum atomic E-state index is -0.231. The molecule has 0 aliphatic heterocycles. The second-order valence-corrected chi connectivity index (χ2v) is 5.50. The Morgan fingerprint density at radius 3 is 2.15 bits per heavy atom. The van der Waals surface area contributed by atoms with E-state index in [2.05, 4.69) is 0 Å². The van der Waals surface area contributed by atoms with Gasteiger partial charge in [-0.25, -0.2) is 0 Å². The summed E-state index contributed by atoms with van der Waals surface area (Å²) in [6.45, 7) is 4.69. The third-order valence-corrected chi connectivity index (χ3v) is 3.76. The summed E-state index contributed by atoms with van der Waals surface area (Å²) in [6.07, 6.45) is 3.05. The minimum absolute atomic E-state index is 0.0912. The highest BCUT2D eigenvalue weighted by Gasteiger charge is 2.13. The zero-order chi connectivity index (χ0) is 19.8. The van der Waals surface area contributed by atoms with Gasteiger partial charge in [0.1, 0.15) is 11.5 Å². The first-order valence-corrected chi connectivity index (χ1v) is 8.61. The van der Waals surface area contributed by atoms with Gasteiger partial charge < -0.3 is 24.1 Å². The maximum absolute atomic E-state index is 12.7. The van der Waals surface area contributed by atoms with Gasteiger partial charge in [0.25, 0.3) is 0 Å². The van der Waals surface area contributed by atoms with Gasteiger partial charge in [-0.2, -0.15) is 0 Å². The average molecular weight is 372 g/mol. The lowest BCUT2D eigenvalue weighted by molar-refractivity contribution is 0.104. The lowest BCUT2D eigenvalue weighted by Crippen LogP contribution is -2.03. The standard InChI is InChI=1S/C21H24O6/c1-5-26-15-8-10-18(27-6-2)16(13-15)17(22)9-7-14-11-19(24-3)21(23)20(12-14)25-4/h7-13,23H,5-6H2,1-4H3/b9-7+. The van der Waals surface area contributed by atoms with Crippen LogP contribution in [0.25, 0.3) is 6.08 Å². The van der Waals surface area contributed by atoms with Gasteiger partial charge in [0, 0.05) is 0 Å². The Labute approximate surface area is 158 Å². The molecule has 144 valence electrons. The molecular formula is C21H24O6.